The van der Waals surface area contributed by atoms with E-state index in [4.69, 9.17) is 4.74 Å². The fourth-order valence-electron chi connectivity index (χ4n) is 5.01. The van der Waals surface area contributed by atoms with Crippen molar-refractivity contribution in [2.75, 3.05) is 13.1 Å². The van der Waals surface area contributed by atoms with Gasteiger partial charge in [0.05, 0.1) is 17.4 Å². The van der Waals surface area contributed by atoms with Gasteiger partial charge in [-0.1, -0.05) is 18.9 Å². The summed E-state index contributed by atoms with van der Waals surface area (Å²) in [5.41, 5.74) is 2.21. The smallest absolute Gasteiger partial charge is 0.268 e. The molecule has 0 N–H and O–H groups in total. The van der Waals surface area contributed by atoms with Crippen LogP contribution >= 0.6 is 0 Å². The molecule has 0 atom stereocenters. The standard InChI is InChI=1S/C24H30N4O2/c1-26-19(15-25-16-24(26)29)17-27-12-9-20(10-13-27)30-23-8-4-7-22-21(23)11-14-28(22)18-5-2-3-6-18/h4,7-8,11,14-16,18,20H,2-3,5-6,9-10,12-13,17H2,1H3. The number of nitrogens with zero attached hydrogens (tertiary/aromatic N) is 4. The molecule has 1 aliphatic heterocycles. The van der Waals surface area contributed by atoms with Gasteiger partial charge in [0.2, 0.25) is 0 Å². The predicted molar refractivity (Wildman–Crippen MR) is 118 cm³/mol. The van der Waals surface area contributed by atoms with Gasteiger partial charge in [-0.2, -0.15) is 0 Å². The molecule has 0 bridgehead atoms. The lowest BCUT2D eigenvalue weighted by Gasteiger charge is -2.32. The number of likely N-dealkylation sites (tertiary alicyclic amines) is 1. The molecule has 3 heterocycles. The van der Waals surface area contributed by atoms with Crippen molar-refractivity contribution in [3.8, 4) is 5.75 Å². The lowest BCUT2D eigenvalue weighted by atomic mass is 10.1. The van der Waals surface area contributed by atoms with Gasteiger partial charge < -0.3 is 13.9 Å². The SMILES string of the molecule is Cn1c(CN2CCC(Oc3cccc4c3ccn4C3CCCC3)CC2)cncc1=O. The van der Waals surface area contributed by atoms with Gasteiger partial charge in [0.25, 0.3) is 5.56 Å². The maximum Gasteiger partial charge on any atom is 0.268 e. The Labute approximate surface area is 177 Å². The third-order valence-electron chi connectivity index (χ3n) is 6.82. The minimum atomic E-state index is -0.0524. The van der Waals surface area contributed by atoms with Crippen LogP contribution in [0, 0.1) is 0 Å². The van der Waals surface area contributed by atoms with E-state index in [1.54, 1.807) is 10.8 Å². The van der Waals surface area contributed by atoms with E-state index in [1.165, 1.54) is 42.8 Å². The Kier molecular flexibility index (Phi) is 5.34. The molecule has 6 nitrogen and oxygen atoms in total. The third-order valence-corrected chi connectivity index (χ3v) is 6.82. The van der Waals surface area contributed by atoms with Gasteiger partial charge in [0.1, 0.15) is 11.9 Å². The summed E-state index contributed by atoms with van der Waals surface area (Å²) >= 11 is 0. The fraction of sp³-hybridized carbons (Fsp3) is 0.500. The first-order chi connectivity index (χ1) is 14.7. The number of aromatic nitrogens is 3. The van der Waals surface area contributed by atoms with Gasteiger partial charge in [0, 0.05) is 50.5 Å². The molecule has 6 heteroatoms. The first kappa shape index (κ1) is 19.4. The van der Waals surface area contributed by atoms with Crippen LogP contribution < -0.4 is 10.3 Å². The lowest BCUT2D eigenvalue weighted by molar-refractivity contribution is 0.0965. The summed E-state index contributed by atoms with van der Waals surface area (Å²) in [6, 6.07) is 9.33. The van der Waals surface area contributed by atoms with Crippen LogP contribution in [0.4, 0.5) is 0 Å². The number of benzene rings is 1. The second-order valence-electron chi connectivity index (χ2n) is 8.74. The maximum absolute atomic E-state index is 11.8. The molecule has 2 aliphatic rings. The summed E-state index contributed by atoms with van der Waals surface area (Å²) < 4.78 is 10.6. The second kappa shape index (κ2) is 8.26. The zero-order chi connectivity index (χ0) is 20.5. The molecule has 0 unspecified atom stereocenters. The Hall–Kier alpha value is -2.60. The van der Waals surface area contributed by atoms with Crippen LogP contribution in [0.1, 0.15) is 50.3 Å². The van der Waals surface area contributed by atoms with Crippen LogP contribution in [0.2, 0.25) is 0 Å². The normalized spacial score (nSPS) is 19.0. The zero-order valence-electron chi connectivity index (χ0n) is 17.7. The summed E-state index contributed by atoms with van der Waals surface area (Å²) in [6.07, 6.45) is 12.9. The highest BCUT2D eigenvalue weighted by molar-refractivity contribution is 5.86. The fourth-order valence-corrected chi connectivity index (χ4v) is 5.01. The van der Waals surface area contributed by atoms with E-state index in [1.807, 2.05) is 7.05 Å². The first-order valence-electron chi connectivity index (χ1n) is 11.2. The lowest BCUT2D eigenvalue weighted by Crippen LogP contribution is -2.39. The molecule has 158 valence electrons. The van der Waals surface area contributed by atoms with Gasteiger partial charge in [0.15, 0.2) is 0 Å². The number of rotatable bonds is 5. The average molecular weight is 407 g/mol. The summed E-state index contributed by atoms with van der Waals surface area (Å²) in [7, 11) is 1.81. The molecular formula is C24H30N4O2. The molecule has 0 radical (unpaired) electrons. The Balaban J connectivity index is 1.24. The van der Waals surface area contributed by atoms with E-state index < -0.39 is 0 Å². The van der Waals surface area contributed by atoms with Gasteiger partial charge in [-0.25, -0.2) is 0 Å². The van der Waals surface area contributed by atoms with Crippen molar-refractivity contribution >= 4 is 10.9 Å². The first-order valence-corrected chi connectivity index (χ1v) is 11.2. The van der Waals surface area contributed by atoms with Crippen molar-refractivity contribution < 1.29 is 4.74 Å². The van der Waals surface area contributed by atoms with Crippen molar-refractivity contribution in [3.63, 3.8) is 0 Å². The Bertz CT molecular complexity index is 1070. The predicted octanol–water partition coefficient (Wildman–Crippen LogP) is 3.89. The van der Waals surface area contributed by atoms with Crippen molar-refractivity contribution in [2.24, 2.45) is 7.05 Å². The van der Waals surface area contributed by atoms with E-state index in [0.29, 0.717) is 6.04 Å². The molecule has 2 fully saturated rings. The van der Waals surface area contributed by atoms with Crippen LogP contribution in [0.25, 0.3) is 10.9 Å². The van der Waals surface area contributed by atoms with E-state index in [2.05, 4.69) is 44.9 Å². The molecule has 30 heavy (non-hydrogen) atoms. The van der Waals surface area contributed by atoms with Crippen LogP contribution in [0.15, 0.2) is 47.7 Å². The van der Waals surface area contributed by atoms with Crippen molar-refractivity contribution in [3.05, 3.63) is 58.9 Å². The minimum absolute atomic E-state index is 0.0524. The van der Waals surface area contributed by atoms with Crippen LogP contribution in [0.3, 0.4) is 0 Å². The van der Waals surface area contributed by atoms with Gasteiger partial charge >= 0.3 is 0 Å². The average Bonchev–Trinajstić information content (AvgIpc) is 3.43. The van der Waals surface area contributed by atoms with Gasteiger partial charge in [-0.3, -0.25) is 14.7 Å². The van der Waals surface area contributed by atoms with Crippen molar-refractivity contribution in [1.82, 2.24) is 19.0 Å². The zero-order valence-corrected chi connectivity index (χ0v) is 17.7. The van der Waals surface area contributed by atoms with Crippen LogP contribution in [-0.4, -0.2) is 38.2 Å². The van der Waals surface area contributed by atoms with Gasteiger partial charge in [-0.15, -0.1) is 0 Å². The molecule has 3 aromatic rings. The monoisotopic (exact) mass is 406 g/mol. The molecular weight excluding hydrogens is 376 g/mol. The molecule has 5 rings (SSSR count). The number of hydrogen-bond acceptors (Lipinski definition) is 4. The van der Waals surface area contributed by atoms with Crippen LogP contribution in [-0.2, 0) is 13.6 Å². The highest BCUT2D eigenvalue weighted by Gasteiger charge is 2.23. The Morgan fingerprint density at radius 3 is 2.67 bits per heavy atom. The Morgan fingerprint density at radius 2 is 1.87 bits per heavy atom. The summed E-state index contributed by atoms with van der Waals surface area (Å²) in [5, 5.41) is 1.23. The summed E-state index contributed by atoms with van der Waals surface area (Å²) in [5.74, 6) is 1.01. The molecule has 1 aromatic carbocycles. The highest BCUT2D eigenvalue weighted by Crippen LogP contribution is 2.36. The van der Waals surface area contributed by atoms with Crippen molar-refractivity contribution in [1.29, 1.82) is 0 Å². The van der Waals surface area contributed by atoms with Crippen molar-refractivity contribution in [2.45, 2.75) is 57.2 Å². The van der Waals surface area contributed by atoms with Gasteiger partial charge in [-0.05, 0) is 43.9 Å². The molecule has 1 saturated heterocycles. The van der Waals surface area contributed by atoms with Crippen LogP contribution in [0.5, 0.6) is 5.75 Å². The topological polar surface area (TPSA) is 52.3 Å². The largest absolute Gasteiger partial charge is 0.490 e. The quantitative estimate of drug-likeness (QED) is 0.645. The number of piperidine rings is 1. The summed E-state index contributed by atoms with van der Waals surface area (Å²) in [4.78, 5) is 18.2. The number of ether oxygens (including phenoxy) is 1. The number of fused-ring (bicyclic) bond motifs is 1. The molecule has 1 saturated carbocycles. The molecule has 0 amide bonds. The second-order valence-corrected chi connectivity index (χ2v) is 8.74. The molecule has 2 aromatic heterocycles. The minimum Gasteiger partial charge on any atom is -0.490 e. The van der Waals surface area contributed by atoms with E-state index in [-0.39, 0.29) is 11.7 Å². The van der Waals surface area contributed by atoms with E-state index >= 15 is 0 Å². The van der Waals surface area contributed by atoms with E-state index in [9.17, 15) is 4.79 Å². The maximum atomic E-state index is 11.8. The summed E-state index contributed by atoms with van der Waals surface area (Å²) in [6.45, 7) is 2.69. The Morgan fingerprint density at radius 1 is 1.07 bits per heavy atom. The molecule has 0 spiro atoms. The van der Waals surface area contributed by atoms with E-state index in [0.717, 1.165) is 43.9 Å². The third kappa shape index (κ3) is 3.76. The highest BCUT2D eigenvalue weighted by atomic mass is 16.5. The number of hydrogen-bond donors (Lipinski definition) is 0. The molecule has 1 aliphatic carbocycles.